The summed E-state index contributed by atoms with van der Waals surface area (Å²) in [6.07, 6.45) is 1.42. The predicted octanol–water partition coefficient (Wildman–Crippen LogP) is 3.75. The lowest BCUT2D eigenvalue weighted by atomic mass is 9.94. The second-order valence-electron chi connectivity index (χ2n) is 6.97. The van der Waals surface area contributed by atoms with Crippen LogP contribution in [0.2, 0.25) is 5.02 Å². The summed E-state index contributed by atoms with van der Waals surface area (Å²) in [5.74, 6) is 0.937. The molecule has 1 aliphatic rings. The van der Waals surface area contributed by atoms with Crippen molar-refractivity contribution < 1.29 is 14.3 Å². The van der Waals surface area contributed by atoms with Gasteiger partial charge in [0.25, 0.3) is 5.91 Å². The van der Waals surface area contributed by atoms with E-state index >= 15 is 0 Å². The standard InChI is InChI=1S/C22H19ClN6O3/c1-12-19(21(30)28-16-9-17(31-2)15(23)8-18(16)32-3)20(29-22(27-12)25-11-26-29)14-6-4-13(10-24)5-7-14/h4-9,11,20H,1-3H3,(H,28,30)(H,25,26,27). The van der Waals surface area contributed by atoms with Crippen LogP contribution in [0.25, 0.3) is 0 Å². The number of anilines is 2. The fourth-order valence-electron chi connectivity index (χ4n) is 3.58. The normalized spacial score (nSPS) is 14.8. The Morgan fingerprint density at radius 3 is 2.59 bits per heavy atom. The number of allylic oxidation sites excluding steroid dienone is 1. The molecule has 9 nitrogen and oxygen atoms in total. The number of nitrogens with zero attached hydrogens (tertiary/aromatic N) is 4. The van der Waals surface area contributed by atoms with E-state index in [-0.39, 0.29) is 5.91 Å². The fourth-order valence-corrected chi connectivity index (χ4v) is 3.81. The predicted molar refractivity (Wildman–Crippen MR) is 119 cm³/mol. The van der Waals surface area contributed by atoms with Crippen LogP contribution in [-0.2, 0) is 4.79 Å². The third kappa shape index (κ3) is 3.72. The number of amides is 1. The summed E-state index contributed by atoms with van der Waals surface area (Å²) in [5.41, 5.74) is 2.76. The Morgan fingerprint density at radius 2 is 1.94 bits per heavy atom. The van der Waals surface area contributed by atoms with E-state index < -0.39 is 6.04 Å². The highest BCUT2D eigenvalue weighted by Gasteiger charge is 2.33. The summed E-state index contributed by atoms with van der Waals surface area (Å²) >= 11 is 6.18. The highest BCUT2D eigenvalue weighted by Crippen LogP contribution is 2.38. The lowest BCUT2D eigenvalue weighted by Gasteiger charge is -2.29. The Labute approximate surface area is 189 Å². The number of nitriles is 1. The monoisotopic (exact) mass is 450 g/mol. The number of hydrogen-bond donors (Lipinski definition) is 2. The van der Waals surface area contributed by atoms with Gasteiger partial charge in [0.05, 0.1) is 42.1 Å². The van der Waals surface area contributed by atoms with Crippen molar-refractivity contribution in [1.82, 2.24) is 14.8 Å². The third-order valence-corrected chi connectivity index (χ3v) is 5.41. The highest BCUT2D eigenvalue weighted by molar-refractivity contribution is 6.32. The quantitative estimate of drug-likeness (QED) is 0.608. The lowest BCUT2D eigenvalue weighted by Crippen LogP contribution is -2.31. The van der Waals surface area contributed by atoms with E-state index in [0.29, 0.717) is 45.0 Å². The van der Waals surface area contributed by atoms with Gasteiger partial charge < -0.3 is 20.1 Å². The average molecular weight is 451 g/mol. The molecule has 1 unspecified atom stereocenters. The van der Waals surface area contributed by atoms with Gasteiger partial charge in [0.15, 0.2) is 0 Å². The molecule has 4 rings (SSSR count). The van der Waals surface area contributed by atoms with Crippen molar-refractivity contribution in [2.24, 2.45) is 0 Å². The van der Waals surface area contributed by atoms with Crippen molar-refractivity contribution in [3.8, 4) is 17.6 Å². The zero-order valence-corrected chi connectivity index (χ0v) is 18.3. The third-order valence-electron chi connectivity index (χ3n) is 5.12. The number of aromatic nitrogens is 3. The number of benzene rings is 2. The molecule has 0 bridgehead atoms. The minimum atomic E-state index is -0.554. The number of hydrogen-bond acceptors (Lipinski definition) is 7. The molecule has 2 heterocycles. The van der Waals surface area contributed by atoms with Crippen molar-refractivity contribution in [1.29, 1.82) is 5.26 Å². The van der Waals surface area contributed by atoms with Crippen molar-refractivity contribution in [2.45, 2.75) is 13.0 Å². The smallest absolute Gasteiger partial charge is 0.255 e. The van der Waals surface area contributed by atoms with Gasteiger partial charge in [-0.3, -0.25) is 4.79 Å². The Morgan fingerprint density at radius 1 is 1.22 bits per heavy atom. The van der Waals surface area contributed by atoms with Crippen LogP contribution in [0.3, 0.4) is 0 Å². The first kappa shape index (κ1) is 21.2. The van der Waals surface area contributed by atoms with Gasteiger partial charge in [-0.15, -0.1) is 0 Å². The van der Waals surface area contributed by atoms with Gasteiger partial charge in [0.2, 0.25) is 5.95 Å². The van der Waals surface area contributed by atoms with Gasteiger partial charge in [-0.2, -0.15) is 15.3 Å². The lowest BCUT2D eigenvalue weighted by molar-refractivity contribution is -0.113. The molecule has 3 aromatic rings. The molecule has 32 heavy (non-hydrogen) atoms. The highest BCUT2D eigenvalue weighted by atomic mass is 35.5. The minimum absolute atomic E-state index is 0.361. The molecule has 0 spiro atoms. The maximum absolute atomic E-state index is 13.5. The molecule has 2 N–H and O–H groups in total. The van der Waals surface area contributed by atoms with Gasteiger partial charge in [-0.1, -0.05) is 23.7 Å². The molecule has 0 radical (unpaired) electrons. The summed E-state index contributed by atoms with van der Waals surface area (Å²) in [4.78, 5) is 17.7. The van der Waals surface area contributed by atoms with Crippen LogP contribution in [0.1, 0.15) is 24.1 Å². The average Bonchev–Trinajstić information content (AvgIpc) is 3.26. The van der Waals surface area contributed by atoms with E-state index in [1.807, 2.05) is 0 Å². The molecule has 0 aliphatic carbocycles. The summed E-state index contributed by atoms with van der Waals surface area (Å²) < 4.78 is 12.3. The number of nitrogens with one attached hydrogen (secondary N) is 2. The van der Waals surface area contributed by atoms with Crippen LogP contribution < -0.4 is 20.1 Å². The molecular formula is C22H19ClN6O3. The van der Waals surface area contributed by atoms with Gasteiger partial charge in [-0.25, -0.2) is 4.68 Å². The number of carbonyl (C=O) groups is 1. The van der Waals surface area contributed by atoms with Crippen molar-refractivity contribution in [2.75, 3.05) is 24.9 Å². The van der Waals surface area contributed by atoms with Gasteiger partial charge >= 0.3 is 0 Å². The van der Waals surface area contributed by atoms with E-state index in [4.69, 9.17) is 26.3 Å². The van der Waals surface area contributed by atoms with Crippen molar-refractivity contribution in [3.63, 3.8) is 0 Å². The van der Waals surface area contributed by atoms with Gasteiger partial charge in [-0.05, 0) is 24.6 Å². The molecule has 1 atom stereocenters. The molecule has 0 fully saturated rings. The summed E-state index contributed by atoms with van der Waals surface area (Å²) in [5, 5.41) is 19.8. The SMILES string of the molecule is COc1cc(NC(=O)C2=C(C)Nc3ncnn3C2c2ccc(C#N)cc2)c(OC)cc1Cl. The topological polar surface area (TPSA) is 114 Å². The van der Waals surface area contributed by atoms with Crippen LogP contribution in [0.15, 0.2) is 54.0 Å². The molecular weight excluding hydrogens is 432 g/mol. The van der Waals surface area contributed by atoms with Gasteiger partial charge in [0, 0.05) is 17.8 Å². The second kappa shape index (κ2) is 8.61. The summed E-state index contributed by atoms with van der Waals surface area (Å²) in [6, 6.07) is 11.7. The molecule has 1 amide bonds. The number of halogens is 1. The van der Waals surface area contributed by atoms with E-state index in [2.05, 4.69) is 26.8 Å². The van der Waals surface area contributed by atoms with Crippen LogP contribution in [0.4, 0.5) is 11.6 Å². The summed E-state index contributed by atoms with van der Waals surface area (Å²) in [6.45, 7) is 1.80. The zero-order valence-electron chi connectivity index (χ0n) is 17.5. The Bertz CT molecular complexity index is 1260. The first-order valence-corrected chi connectivity index (χ1v) is 9.94. The first-order valence-electron chi connectivity index (χ1n) is 9.57. The molecule has 10 heteroatoms. The number of fused-ring (bicyclic) bond motifs is 1. The van der Waals surface area contributed by atoms with Crippen LogP contribution in [0, 0.1) is 11.3 Å². The van der Waals surface area contributed by atoms with E-state index in [0.717, 1.165) is 5.56 Å². The first-order chi connectivity index (χ1) is 15.5. The number of methoxy groups -OCH3 is 2. The number of ether oxygens (including phenoxy) is 2. The van der Waals surface area contributed by atoms with Crippen LogP contribution in [-0.4, -0.2) is 34.9 Å². The van der Waals surface area contributed by atoms with E-state index in [9.17, 15) is 4.79 Å². The van der Waals surface area contributed by atoms with E-state index in [1.54, 1.807) is 48.0 Å². The van der Waals surface area contributed by atoms with E-state index in [1.165, 1.54) is 20.5 Å². The Hall–Kier alpha value is -4.03. The number of rotatable bonds is 5. The zero-order chi connectivity index (χ0) is 22.8. The van der Waals surface area contributed by atoms with Crippen LogP contribution in [0.5, 0.6) is 11.5 Å². The molecule has 1 aliphatic heterocycles. The van der Waals surface area contributed by atoms with Gasteiger partial charge in [0.1, 0.15) is 23.9 Å². The molecule has 0 saturated heterocycles. The largest absolute Gasteiger partial charge is 0.495 e. The molecule has 1 aromatic heterocycles. The fraction of sp³-hybridized carbons (Fsp3) is 0.182. The van der Waals surface area contributed by atoms with Crippen molar-refractivity contribution >= 4 is 29.1 Å². The maximum atomic E-state index is 13.5. The molecule has 162 valence electrons. The second-order valence-corrected chi connectivity index (χ2v) is 7.38. The molecule has 0 saturated carbocycles. The Balaban J connectivity index is 1.76. The minimum Gasteiger partial charge on any atom is -0.495 e. The van der Waals surface area contributed by atoms with Crippen LogP contribution >= 0.6 is 11.6 Å². The Kier molecular flexibility index (Phi) is 5.71. The number of carbonyl (C=O) groups excluding carboxylic acids is 1. The van der Waals surface area contributed by atoms with Crippen molar-refractivity contribution in [3.05, 3.63) is 70.1 Å². The molecule has 2 aromatic carbocycles. The maximum Gasteiger partial charge on any atom is 0.255 e. The summed E-state index contributed by atoms with van der Waals surface area (Å²) in [7, 11) is 2.98.